The highest BCUT2D eigenvalue weighted by Crippen LogP contribution is 2.61. The molecule has 1 atom stereocenters. The fourth-order valence-electron chi connectivity index (χ4n) is 4.11. The molecule has 0 saturated heterocycles. The Bertz CT molecular complexity index is 167. The molecule has 0 N–H and O–H groups in total. The molecule has 4 bridgehead atoms. The van der Waals surface area contributed by atoms with E-state index < -0.39 is 0 Å². The summed E-state index contributed by atoms with van der Waals surface area (Å²) in [6.45, 7) is 0. The molecule has 0 radical (unpaired) electrons. The Morgan fingerprint density at radius 3 is 1.67 bits per heavy atom. The van der Waals surface area contributed by atoms with Gasteiger partial charge in [-0.15, -0.1) is 0 Å². The molecule has 0 amide bonds. The standard InChI is InChI=1S/C10H19BP/c11-12-10-4-7-1-8(5-10)3-9(2-7)6-10/h7-9,12H,1-6H2,11H3/q-1. The van der Waals surface area contributed by atoms with Crippen LogP contribution in [0, 0.1) is 17.8 Å². The van der Waals surface area contributed by atoms with E-state index in [2.05, 4.69) is 0 Å². The highest BCUT2D eigenvalue weighted by Gasteiger charge is 2.48. The van der Waals surface area contributed by atoms with Crippen LogP contribution in [0.1, 0.15) is 38.5 Å². The summed E-state index contributed by atoms with van der Waals surface area (Å²) in [5.41, 5.74) is 0. The van der Waals surface area contributed by atoms with Crippen LogP contribution < -0.4 is 0 Å². The summed E-state index contributed by atoms with van der Waals surface area (Å²) in [5, 5.41) is 0.981. The minimum absolute atomic E-state index is 0.700. The molecule has 0 nitrogen and oxygen atoms in total. The summed E-state index contributed by atoms with van der Waals surface area (Å²) < 4.78 is 0. The van der Waals surface area contributed by atoms with Crippen LogP contribution in [0.5, 0.6) is 0 Å². The average molecular weight is 181 g/mol. The second kappa shape index (κ2) is 2.50. The molecular formula is C10H19BP-. The molecule has 4 fully saturated rings. The van der Waals surface area contributed by atoms with E-state index in [1.54, 1.807) is 38.5 Å². The number of hydrogen-bond acceptors (Lipinski definition) is 0. The van der Waals surface area contributed by atoms with Gasteiger partial charge >= 0.3 is 0 Å². The van der Waals surface area contributed by atoms with Crippen LogP contribution >= 0.6 is 8.46 Å². The minimum atomic E-state index is 0.700. The first-order chi connectivity index (χ1) is 5.80. The third kappa shape index (κ3) is 1.02. The molecule has 4 rings (SSSR count). The van der Waals surface area contributed by atoms with Gasteiger partial charge in [0.2, 0.25) is 0 Å². The van der Waals surface area contributed by atoms with Crippen molar-refractivity contribution in [3.05, 3.63) is 0 Å². The first kappa shape index (κ1) is 7.86. The van der Waals surface area contributed by atoms with E-state index in [1.165, 1.54) is 26.2 Å². The van der Waals surface area contributed by atoms with Gasteiger partial charge < -0.3 is 0 Å². The van der Waals surface area contributed by atoms with Crippen LogP contribution in [0.3, 0.4) is 0 Å². The van der Waals surface area contributed by atoms with Crippen molar-refractivity contribution in [1.29, 1.82) is 0 Å². The lowest BCUT2D eigenvalue weighted by Crippen LogP contribution is -2.47. The van der Waals surface area contributed by atoms with Gasteiger partial charge in [0.25, 0.3) is 0 Å². The highest BCUT2D eigenvalue weighted by atomic mass is 31.1. The lowest BCUT2D eigenvalue weighted by Gasteiger charge is -2.58. The molecule has 0 spiro atoms. The minimum Gasteiger partial charge on any atom is -0.296 e. The molecule has 2 heteroatoms. The molecule has 0 aliphatic heterocycles. The molecule has 0 heterocycles. The summed E-state index contributed by atoms with van der Waals surface area (Å²) in [6, 6.07) is 0. The molecule has 12 heavy (non-hydrogen) atoms. The van der Waals surface area contributed by atoms with E-state index in [0.29, 0.717) is 7.57 Å². The lowest BCUT2D eigenvalue weighted by molar-refractivity contribution is 0.0374. The maximum atomic E-state index is 1.67. The summed E-state index contributed by atoms with van der Waals surface area (Å²) in [5.74, 6) is 3.59. The van der Waals surface area contributed by atoms with E-state index in [0.717, 1.165) is 5.16 Å². The smallest absolute Gasteiger partial charge is 0.0245 e. The Morgan fingerprint density at radius 1 is 0.917 bits per heavy atom. The van der Waals surface area contributed by atoms with Gasteiger partial charge in [0, 0.05) is 0 Å². The number of hydrogen-bond donors (Lipinski definition) is 0. The monoisotopic (exact) mass is 181 g/mol. The predicted molar refractivity (Wildman–Crippen MR) is 59.2 cm³/mol. The maximum Gasteiger partial charge on any atom is -0.0245 e. The Morgan fingerprint density at radius 2 is 1.33 bits per heavy atom. The highest BCUT2D eigenvalue weighted by molar-refractivity contribution is 7.67. The van der Waals surface area contributed by atoms with Crippen molar-refractivity contribution in [2.75, 3.05) is 0 Å². The van der Waals surface area contributed by atoms with E-state index in [9.17, 15) is 0 Å². The van der Waals surface area contributed by atoms with Gasteiger partial charge in [0.1, 0.15) is 0 Å². The van der Waals surface area contributed by atoms with Crippen LogP contribution in [0.2, 0.25) is 0 Å². The van der Waals surface area contributed by atoms with Gasteiger partial charge in [0.15, 0.2) is 0 Å². The van der Waals surface area contributed by atoms with Crippen molar-refractivity contribution in [3.8, 4) is 0 Å². The van der Waals surface area contributed by atoms with Crippen molar-refractivity contribution >= 4 is 16.0 Å². The predicted octanol–water partition coefficient (Wildman–Crippen LogP) is 1.91. The summed E-state index contributed by atoms with van der Waals surface area (Å²) in [7, 11) is 2.18. The van der Waals surface area contributed by atoms with Gasteiger partial charge in [-0.3, -0.25) is 8.46 Å². The molecule has 0 aromatic rings. The third-order valence-electron chi connectivity index (χ3n) is 4.04. The SMILES string of the molecule is [BH3-]PC12CC3CC(CC(C3)C1)C2. The van der Waals surface area contributed by atoms with E-state index in [4.69, 9.17) is 0 Å². The Balaban J connectivity index is 1.90. The molecule has 4 aliphatic rings. The largest absolute Gasteiger partial charge is 0.296 e. The molecule has 4 saturated carbocycles. The number of rotatable bonds is 1. The van der Waals surface area contributed by atoms with E-state index >= 15 is 0 Å². The maximum absolute atomic E-state index is 1.67. The second-order valence-corrected chi connectivity index (χ2v) is 6.26. The molecule has 1 unspecified atom stereocenters. The van der Waals surface area contributed by atoms with Gasteiger partial charge in [0.05, 0.1) is 0 Å². The molecule has 0 aromatic carbocycles. The molecular weight excluding hydrogens is 162 g/mol. The van der Waals surface area contributed by atoms with Gasteiger partial charge in [-0.2, -0.15) is 0 Å². The van der Waals surface area contributed by atoms with E-state index in [-0.39, 0.29) is 0 Å². The summed E-state index contributed by atoms with van der Waals surface area (Å²) in [6.07, 6.45) is 9.89. The zero-order valence-electron chi connectivity index (χ0n) is 6.97. The zero-order chi connectivity index (χ0) is 8.18. The van der Waals surface area contributed by atoms with Crippen LogP contribution in [-0.2, 0) is 0 Å². The average Bonchev–Trinajstić information content (AvgIpc) is 2.02. The molecule has 0 aromatic heterocycles. The molecule has 4 aliphatic carbocycles. The Labute approximate surface area is 78.0 Å². The first-order valence-corrected chi connectivity index (χ1v) is 5.48. The fraction of sp³-hybridized carbons (Fsp3) is 1.00. The first-order valence-electron chi connectivity index (χ1n) is 4.98. The van der Waals surface area contributed by atoms with E-state index in [1.807, 2.05) is 0 Å². The lowest BCUT2D eigenvalue weighted by atomic mass is 9.56. The van der Waals surface area contributed by atoms with Crippen LogP contribution in [0.25, 0.3) is 0 Å². The summed E-state index contributed by atoms with van der Waals surface area (Å²) in [4.78, 5) is 0. The fourth-order valence-corrected chi connectivity index (χ4v) is 4.98. The van der Waals surface area contributed by atoms with Gasteiger partial charge in [-0.05, 0) is 69.0 Å². The summed E-state index contributed by atoms with van der Waals surface area (Å²) >= 11 is 0. The van der Waals surface area contributed by atoms with Crippen molar-refractivity contribution in [2.45, 2.75) is 43.7 Å². The Kier molecular flexibility index (Phi) is 1.64. The molecule has 68 valence electrons. The zero-order valence-corrected chi connectivity index (χ0v) is 7.97. The normalized spacial score (nSPS) is 57.2. The van der Waals surface area contributed by atoms with Crippen LogP contribution in [-0.4, -0.2) is 12.7 Å². The topological polar surface area (TPSA) is 0 Å². The van der Waals surface area contributed by atoms with Crippen LogP contribution in [0.15, 0.2) is 0 Å². The quantitative estimate of drug-likeness (QED) is 0.428. The van der Waals surface area contributed by atoms with Crippen molar-refractivity contribution in [2.24, 2.45) is 17.8 Å². The van der Waals surface area contributed by atoms with Gasteiger partial charge in [-0.1, -0.05) is 0 Å². The third-order valence-corrected chi connectivity index (χ3v) is 4.65. The van der Waals surface area contributed by atoms with Crippen molar-refractivity contribution < 1.29 is 0 Å². The second-order valence-electron chi connectivity index (χ2n) is 5.20. The van der Waals surface area contributed by atoms with Crippen molar-refractivity contribution in [1.82, 2.24) is 0 Å². The van der Waals surface area contributed by atoms with Crippen LogP contribution in [0.4, 0.5) is 0 Å². The van der Waals surface area contributed by atoms with Crippen molar-refractivity contribution in [3.63, 3.8) is 0 Å². The van der Waals surface area contributed by atoms with Gasteiger partial charge in [-0.25, -0.2) is 0 Å². The Hall–Kier alpha value is 0.495.